The first-order valence-corrected chi connectivity index (χ1v) is 11.9. The maximum atomic E-state index is 13.3. The van der Waals surface area contributed by atoms with Gasteiger partial charge in [0.2, 0.25) is 5.95 Å². The predicted molar refractivity (Wildman–Crippen MR) is 136 cm³/mol. The zero-order chi connectivity index (χ0) is 25.6. The molecule has 2 N–H and O–H groups in total. The Hall–Kier alpha value is -4.33. The number of ether oxygens (including phenoxy) is 1. The predicted octanol–water partition coefficient (Wildman–Crippen LogP) is 5.61. The highest BCUT2D eigenvalue weighted by Crippen LogP contribution is 2.42. The Kier molecular flexibility index (Phi) is 5.88. The first kappa shape index (κ1) is 23.4. The summed E-state index contributed by atoms with van der Waals surface area (Å²) < 4.78 is 11.4. The summed E-state index contributed by atoms with van der Waals surface area (Å²) >= 11 is 0. The minimum Gasteiger partial charge on any atom is -0.507 e. The van der Waals surface area contributed by atoms with Gasteiger partial charge in [-0.1, -0.05) is 19.9 Å². The van der Waals surface area contributed by atoms with E-state index in [0.29, 0.717) is 29.2 Å². The molecule has 1 amide bonds. The highest BCUT2D eigenvalue weighted by atomic mass is 16.5. The van der Waals surface area contributed by atoms with Crippen LogP contribution in [-0.4, -0.2) is 33.4 Å². The van der Waals surface area contributed by atoms with Gasteiger partial charge in [-0.05, 0) is 73.4 Å². The lowest BCUT2D eigenvalue weighted by atomic mass is 9.95. The van der Waals surface area contributed by atoms with E-state index in [1.807, 2.05) is 45.9 Å². The van der Waals surface area contributed by atoms with Crippen molar-refractivity contribution in [2.75, 3.05) is 11.5 Å². The smallest absolute Gasteiger partial charge is 0.302 e. The Labute approximate surface area is 208 Å². The largest absolute Gasteiger partial charge is 0.507 e. The summed E-state index contributed by atoms with van der Waals surface area (Å²) in [5.41, 5.74) is 3.65. The third-order valence-corrected chi connectivity index (χ3v) is 6.32. The van der Waals surface area contributed by atoms with E-state index in [9.17, 15) is 14.7 Å². The van der Waals surface area contributed by atoms with Gasteiger partial charge in [-0.15, -0.1) is 0 Å². The minimum absolute atomic E-state index is 0.0644. The average Bonchev–Trinajstić information content (AvgIpc) is 3.57. The van der Waals surface area contributed by atoms with E-state index in [-0.39, 0.29) is 23.2 Å². The van der Waals surface area contributed by atoms with Crippen LogP contribution < -0.4 is 9.64 Å². The molecule has 0 radical (unpaired) electrons. The molecule has 0 saturated carbocycles. The van der Waals surface area contributed by atoms with Crippen LogP contribution in [0.5, 0.6) is 5.75 Å². The molecule has 8 heteroatoms. The van der Waals surface area contributed by atoms with Gasteiger partial charge in [-0.3, -0.25) is 14.5 Å². The molecule has 184 valence electrons. The molecule has 5 rings (SSSR count). The number of ketones is 1. The van der Waals surface area contributed by atoms with Crippen molar-refractivity contribution in [3.8, 4) is 5.75 Å². The number of aromatic nitrogens is 2. The van der Waals surface area contributed by atoms with Crippen LogP contribution in [0.15, 0.2) is 64.8 Å². The third-order valence-electron chi connectivity index (χ3n) is 6.32. The molecule has 2 aromatic heterocycles. The van der Waals surface area contributed by atoms with E-state index in [2.05, 4.69) is 9.97 Å². The fraction of sp³-hybridized carbons (Fsp3) is 0.250. The normalized spacial score (nSPS) is 17.5. The lowest BCUT2D eigenvalue weighted by Crippen LogP contribution is -2.30. The molecule has 2 aromatic carbocycles. The van der Waals surface area contributed by atoms with Crippen molar-refractivity contribution in [2.24, 2.45) is 0 Å². The molecule has 1 unspecified atom stereocenters. The second-order valence-electron chi connectivity index (χ2n) is 9.11. The number of aliphatic hydroxyl groups excluding tert-OH is 1. The second kappa shape index (κ2) is 9.03. The molecule has 3 heterocycles. The van der Waals surface area contributed by atoms with E-state index >= 15 is 0 Å². The van der Waals surface area contributed by atoms with Crippen molar-refractivity contribution in [2.45, 2.75) is 39.7 Å². The van der Waals surface area contributed by atoms with Gasteiger partial charge < -0.3 is 19.2 Å². The summed E-state index contributed by atoms with van der Waals surface area (Å²) in [5, 5.41) is 11.4. The first-order chi connectivity index (χ1) is 17.3. The SMILES string of the molecule is CCOc1ccc(/C(O)=C2\C(=O)C(=O)N(c3nc4ccc(C)cc4[nH]3)C2c2ccco2)cc1C(C)C. The van der Waals surface area contributed by atoms with Gasteiger partial charge in [0.25, 0.3) is 5.78 Å². The van der Waals surface area contributed by atoms with Crippen LogP contribution >= 0.6 is 0 Å². The molecule has 1 aliphatic heterocycles. The molecular formula is C28H27N3O5. The number of aliphatic hydroxyl groups is 1. The summed E-state index contributed by atoms with van der Waals surface area (Å²) in [6.45, 7) is 8.41. The van der Waals surface area contributed by atoms with Crippen LogP contribution in [0.2, 0.25) is 0 Å². The molecular weight excluding hydrogens is 458 g/mol. The molecule has 36 heavy (non-hydrogen) atoms. The number of aryl methyl sites for hydroxylation is 1. The van der Waals surface area contributed by atoms with Crippen molar-refractivity contribution < 1.29 is 23.8 Å². The quantitative estimate of drug-likeness (QED) is 0.209. The number of aromatic amines is 1. The minimum atomic E-state index is -0.990. The second-order valence-corrected chi connectivity index (χ2v) is 9.11. The number of imidazole rings is 1. The van der Waals surface area contributed by atoms with Gasteiger partial charge >= 0.3 is 5.91 Å². The fourth-order valence-corrected chi connectivity index (χ4v) is 4.58. The number of nitrogens with zero attached hydrogens (tertiary/aromatic N) is 2. The van der Waals surface area contributed by atoms with Crippen molar-refractivity contribution in [3.63, 3.8) is 0 Å². The number of rotatable bonds is 6. The molecule has 4 aromatic rings. The average molecular weight is 486 g/mol. The summed E-state index contributed by atoms with van der Waals surface area (Å²) in [7, 11) is 0. The maximum Gasteiger partial charge on any atom is 0.302 e. The van der Waals surface area contributed by atoms with Crippen molar-refractivity contribution in [3.05, 3.63) is 82.8 Å². The third kappa shape index (κ3) is 3.84. The standard InChI is InChI=1S/C28H27N3O5/c1-5-35-21-11-9-17(14-18(21)15(2)3)25(32)23-24(22-7-6-12-36-22)31(27(34)26(23)33)28-29-19-10-8-16(4)13-20(19)30-28/h6-15,24,32H,5H2,1-4H3,(H,29,30)/b25-23+. The lowest BCUT2D eigenvalue weighted by molar-refractivity contribution is -0.132. The molecule has 0 bridgehead atoms. The van der Waals surface area contributed by atoms with E-state index in [1.165, 1.54) is 11.2 Å². The zero-order valence-corrected chi connectivity index (χ0v) is 20.5. The molecule has 8 nitrogen and oxygen atoms in total. The molecule has 1 fully saturated rings. The number of Topliss-reactive ketones (excluding diaryl/α,β-unsaturated/α-hetero) is 1. The number of carbonyl (C=O) groups is 2. The van der Waals surface area contributed by atoms with Crippen LogP contribution in [-0.2, 0) is 9.59 Å². The highest BCUT2D eigenvalue weighted by Gasteiger charge is 2.49. The van der Waals surface area contributed by atoms with Gasteiger partial charge in [0.1, 0.15) is 23.3 Å². The molecule has 1 aliphatic rings. The Morgan fingerprint density at radius 2 is 2.00 bits per heavy atom. The summed E-state index contributed by atoms with van der Waals surface area (Å²) in [6.07, 6.45) is 1.46. The number of hydrogen-bond acceptors (Lipinski definition) is 6. The summed E-state index contributed by atoms with van der Waals surface area (Å²) in [5.74, 6) is -0.537. The van der Waals surface area contributed by atoms with E-state index in [4.69, 9.17) is 9.15 Å². The Balaban J connectivity index is 1.68. The number of carbonyl (C=O) groups excluding carboxylic acids is 2. The monoisotopic (exact) mass is 485 g/mol. The van der Waals surface area contributed by atoms with Gasteiger partial charge in [-0.25, -0.2) is 4.98 Å². The Morgan fingerprint density at radius 3 is 2.69 bits per heavy atom. The van der Waals surface area contributed by atoms with E-state index < -0.39 is 17.7 Å². The zero-order valence-electron chi connectivity index (χ0n) is 20.5. The fourth-order valence-electron chi connectivity index (χ4n) is 4.58. The Bertz CT molecular complexity index is 1500. The molecule has 0 aliphatic carbocycles. The van der Waals surface area contributed by atoms with Gasteiger partial charge in [0, 0.05) is 5.56 Å². The molecule has 1 saturated heterocycles. The first-order valence-electron chi connectivity index (χ1n) is 11.9. The summed E-state index contributed by atoms with van der Waals surface area (Å²) in [6, 6.07) is 13.3. The van der Waals surface area contributed by atoms with Crippen molar-refractivity contribution >= 4 is 34.4 Å². The van der Waals surface area contributed by atoms with Crippen LogP contribution in [0, 0.1) is 6.92 Å². The maximum absolute atomic E-state index is 13.3. The van der Waals surface area contributed by atoms with Gasteiger partial charge in [0.05, 0.1) is 29.5 Å². The molecule has 1 atom stereocenters. The van der Waals surface area contributed by atoms with E-state index in [1.54, 1.807) is 30.3 Å². The number of H-pyrrole nitrogens is 1. The number of furan rings is 1. The Morgan fingerprint density at radius 1 is 1.19 bits per heavy atom. The van der Waals surface area contributed by atoms with Crippen molar-refractivity contribution in [1.82, 2.24) is 9.97 Å². The van der Waals surface area contributed by atoms with Gasteiger partial charge in [0.15, 0.2) is 0 Å². The number of amides is 1. The number of benzene rings is 2. The van der Waals surface area contributed by atoms with Crippen LogP contribution in [0.3, 0.4) is 0 Å². The van der Waals surface area contributed by atoms with Crippen LogP contribution in [0.1, 0.15) is 55.2 Å². The van der Waals surface area contributed by atoms with Crippen LogP contribution in [0.4, 0.5) is 5.95 Å². The number of fused-ring (bicyclic) bond motifs is 1. The van der Waals surface area contributed by atoms with E-state index in [0.717, 1.165) is 16.6 Å². The summed E-state index contributed by atoms with van der Waals surface area (Å²) in [4.78, 5) is 35.6. The van der Waals surface area contributed by atoms with Crippen LogP contribution in [0.25, 0.3) is 16.8 Å². The highest BCUT2D eigenvalue weighted by molar-refractivity contribution is 6.51. The number of nitrogens with one attached hydrogen (secondary N) is 1. The molecule has 0 spiro atoms. The lowest BCUT2D eigenvalue weighted by Gasteiger charge is -2.21. The topological polar surface area (TPSA) is 109 Å². The number of hydrogen-bond donors (Lipinski definition) is 2. The van der Waals surface area contributed by atoms with Crippen molar-refractivity contribution in [1.29, 1.82) is 0 Å². The number of anilines is 1. The van der Waals surface area contributed by atoms with Gasteiger partial charge in [-0.2, -0.15) is 0 Å².